The number of thiazole rings is 1. The number of pyridine rings is 1. The SMILES string of the molecule is CCN(CC)c1ccc(Nc2nc(-c3cccnc3)cs2)c(C)c1. The highest BCUT2D eigenvalue weighted by atomic mass is 32.1. The molecule has 3 aromatic rings. The second-order valence-corrected chi connectivity index (χ2v) is 6.43. The number of anilines is 3. The van der Waals surface area contributed by atoms with Gasteiger partial charge in [-0.3, -0.25) is 4.98 Å². The number of aromatic nitrogens is 2. The first-order valence-electron chi connectivity index (χ1n) is 8.19. The Morgan fingerprint density at radius 1 is 1.17 bits per heavy atom. The average molecular weight is 338 g/mol. The van der Waals surface area contributed by atoms with Crippen molar-refractivity contribution in [3.63, 3.8) is 0 Å². The van der Waals surface area contributed by atoms with Crippen molar-refractivity contribution in [1.29, 1.82) is 0 Å². The molecule has 0 radical (unpaired) electrons. The van der Waals surface area contributed by atoms with Gasteiger partial charge in [0, 0.05) is 47.8 Å². The van der Waals surface area contributed by atoms with Gasteiger partial charge in [0.05, 0.1) is 5.69 Å². The molecule has 0 fully saturated rings. The molecule has 5 heteroatoms. The summed E-state index contributed by atoms with van der Waals surface area (Å²) in [5.74, 6) is 0. The van der Waals surface area contributed by atoms with Crippen molar-refractivity contribution in [3.8, 4) is 11.3 Å². The maximum Gasteiger partial charge on any atom is 0.187 e. The lowest BCUT2D eigenvalue weighted by molar-refractivity contribution is 0.866. The summed E-state index contributed by atoms with van der Waals surface area (Å²) in [7, 11) is 0. The zero-order valence-electron chi connectivity index (χ0n) is 14.3. The molecule has 1 aromatic carbocycles. The molecule has 0 bridgehead atoms. The molecule has 4 nitrogen and oxygen atoms in total. The van der Waals surface area contributed by atoms with E-state index in [0.29, 0.717) is 0 Å². The zero-order chi connectivity index (χ0) is 16.9. The Bertz CT molecular complexity index is 794. The third kappa shape index (κ3) is 3.57. The fraction of sp³-hybridized carbons (Fsp3) is 0.263. The number of hydrogen-bond donors (Lipinski definition) is 1. The van der Waals surface area contributed by atoms with Crippen LogP contribution in [0.25, 0.3) is 11.3 Å². The Hall–Kier alpha value is -2.40. The third-order valence-corrected chi connectivity index (χ3v) is 4.80. The molecule has 0 amide bonds. The predicted molar refractivity (Wildman–Crippen MR) is 103 cm³/mol. The molecule has 0 atom stereocenters. The van der Waals surface area contributed by atoms with E-state index >= 15 is 0 Å². The van der Waals surface area contributed by atoms with Gasteiger partial charge in [-0.05, 0) is 56.7 Å². The van der Waals surface area contributed by atoms with Crippen molar-refractivity contribution in [2.45, 2.75) is 20.8 Å². The first kappa shape index (κ1) is 16.5. The van der Waals surface area contributed by atoms with Crippen molar-refractivity contribution in [2.75, 3.05) is 23.3 Å². The predicted octanol–water partition coefficient (Wildman–Crippen LogP) is 5.10. The van der Waals surface area contributed by atoms with Gasteiger partial charge in [-0.25, -0.2) is 4.98 Å². The lowest BCUT2D eigenvalue weighted by Crippen LogP contribution is -2.21. The van der Waals surface area contributed by atoms with Crippen LogP contribution >= 0.6 is 11.3 Å². The van der Waals surface area contributed by atoms with Crippen LogP contribution in [0.3, 0.4) is 0 Å². The first-order valence-corrected chi connectivity index (χ1v) is 9.07. The quantitative estimate of drug-likeness (QED) is 0.678. The van der Waals surface area contributed by atoms with Crippen molar-refractivity contribution >= 4 is 27.8 Å². The normalized spacial score (nSPS) is 10.6. The van der Waals surface area contributed by atoms with E-state index in [1.165, 1.54) is 11.3 Å². The number of benzene rings is 1. The number of nitrogens with one attached hydrogen (secondary N) is 1. The zero-order valence-corrected chi connectivity index (χ0v) is 15.1. The summed E-state index contributed by atoms with van der Waals surface area (Å²) in [5, 5.41) is 6.38. The molecule has 124 valence electrons. The second kappa shape index (κ2) is 7.45. The van der Waals surface area contributed by atoms with Gasteiger partial charge in [0.25, 0.3) is 0 Å². The largest absolute Gasteiger partial charge is 0.372 e. The molecule has 0 spiro atoms. The van der Waals surface area contributed by atoms with Crippen LogP contribution in [-0.4, -0.2) is 23.1 Å². The molecular formula is C19H22N4S. The van der Waals surface area contributed by atoms with Gasteiger partial charge in [-0.15, -0.1) is 11.3 Å². The van der Waals surface area contributed by atoms with Gasteiger partial charge in [0.2, 0.25) is 0 Å². The molecule has 2 heterocycles. The highest BCUT2D eigenvalue weighted by molar-refractivity contribution is 7.14. The van der Waals surface area contributed by atoms with Gasteiger partial charge < -0.3 is 10.2 Å². The summed E-state index contributed by atoms with van der Waals surface area (Å²) < 4.78 is 0. The van der Waals surface area contributed by atoms with E-state index < -0.39 is 0 Å². The molecule has 0 aliphatic rings. The Kier molecular flexibility index (Phi) is 5.11. The lowest BCUT2D eigenvalue weighted by atomic mass is 10.1. The van der Waals surface area contributed by atoms with E-state index in [1.807, 2.05) is 18.3 Å². The Morgan fingerprint density at radius 2 is 2.00 bits per heavy atom. The van der Waals surface area contributed by atoms with Crippen LogP contribution < -0.4 is 10.2 Å². The average Bonchev–Trinajstić information content (AvgIpc) is 3.08. The highest BCUT2D eigenvalue weighted by Crippen LogP contribution is 2.29. The second-order valence-electron chi connectivity index (χ2n) is 5.58. The molecule has 0 aliphatic heterocycles. The minimum atomic E-state index is 0.896. The smallest absolute Gasteiger partial charge is 0.187 e. The van der Waals surface area contributed by atoms with Gasteiger partial charge in [0.15, 0.2) is 5.13 Å². The van der Waals surface area contributed by atoms with E-state index in [0.717, 1.165) is 35.2 Å². The molecule has 0 saturated carbocycles. The third-order valence-electron chi connectivity index (χ3n) is 4.04. The molecular weight excluding hydrogens is 316 g/mol. The van der Waals surface area contributed by atoms with Crippen LogP contribution in [0.5, 0.6) is 0 Å². The number of hydrogen-bond acceptors (Lipinski definition) is 5. The van der Waals surface area contributed by atoms with Crippen molar-refractivity contribution < 1.29 is 0 Å². The fourth-order valence-electron chi connectivity index (χ4n) is 2.67. The molecule has 0 aliphatic carbocycles. The molecule has 1 N–H and O–H groups in total. The summed E-state index contributed by atoms with van der Waals surface area (Å²) >= 11 is 1.61. The van der Waals surface area contributed by atoms with Gasteiger partial charge >= 0.3 is 0 Å². The van der Waals surface area contributed by atoms with E-state index in [-0.39, 0.29) is 0 Å². The van der Waals surface area contributed by atoms with Crippen molar-refractivity contribution in [2.24, 2.45) is 0 Å². The van der Waals surface area contributed by atoms with Crippen LogP contribution in [0.2, 0.25) is 0 Å². The van der Waals surface area contributed by atoms with Crippen LogP contribution in [0, 0.1) is 6.92 Å². The lowest BCUT2D eigenvalue weighted by Gasteiger charge is -2.22. The number of rotatable bonds is 6. The minimum Gasteiger partial charge on any atom is -0.372 e. The van der Waals surface area contributed by atoms with Gasteiger partial charge in [0.1, 0.15) is 0 Å². The van der Waals surface area contributed by atoms with Crippen LogP contribution in [0.15, 0.2) is 48.1 Å². The number of aryl methyl sites for hydroxylation is 1. The Balaban J connectivity index is 1.78. The molecule has 3 rings (SSSR count). The first-order chi connectivity index (χ1) is 11.7. The monoisotopic (exact) mass is 338 g/mol. The van der Waals surface area contributed by atoms with Crippen LogP contribution in [0.4, 0.5) is 16.5 Å². The Labute approximate surface area is 147 Å². The molecule has 0 saturated heterocycles. The highest BCUT2D eigenvalue weighted by Gasteiger charge is 2.08. The summed E-state index contributed by atoms with van der Waals surface area (Å²) in [6.45, 7) is 8.53. The summed E-state index contributed by atoms with van der Waals surface area (Å²) in [4.78, 5) is 11.2. The van der Waals surface area contributed by atoms with Gasteiger partial charge in [-0.2, -0.15) is 0 Å². The topological polar surface area (TPSA) is 41.0 Å². The standard InChI is InChI=1S/C19H22N4S/c1-4-23(5-2)16-8-9-17(14(3)11-16)21-19-22-18(13-24-19)15-7-6-10-20-12-15/h6-13H,4-5H2,1-3H3,(H,21,22). The van der Waals surface area contributed by atoms with E-state index in [4.69, 9.17) is 0 Å². The minimum absolute atomic E-state index is 0.896. The molecule has 24 heavy (non-hydrogen) atoms. The number of nitrogens with zero attached hydrogens (tertiary/aromatic N) is 3. The maximum atomic E-state index is 4.66. The van der Waals surface area contributed by atoms with Gasteiger partial charge in [-0.1, -0.05) is 0 Å². The molecule has 2 aromatic heterocycles. The van der Waals surface area contributed by atoms with Crippen molar-refractivity contribution in [3.05, 3.63) is 53.7 Å². The summed E-state index contributed by atoms with van der Waals surface area (Å²) in [6, 6.07) is 10.5. The van der Waals surface area contributed by atoms with Crippen LogP contribution in [0.1, 0.15) is 19.4 Å². The maximum absolute atomic E-state index is 4.66. The molecule has 0 unspecified atom stereocenters. The summed E-state index contributed by atoms with van der Waals surface area (Å²) in [6.07, 6.45) is 3.61. The van der Waals surface area contributed by atoms with Crippen LogP contribution in [-0.2, 0) is 0 Å². The van der Waals surface area contributed by atoms with E-state index in [2.05, 4.69) is 64.5 Å². The van der Waals surface area contributed by atoms with Crippen molar-refractivity contribution in [1.82, 2.24) is 9.97 Å². The van der Waals surface area contributed by atoms with E-state index in [9.17, 15) is 0 Å². The Morgan fingerprint density at radius 3 is 2.67 bits per heavy atom. The van der Waals surface area contributed by atoms with E-state index in [1.54, 1.807) is 17.5 Å². The fourth-order valence-corrected chi connectivity index (χ4v) is 3.40. The summed E-state index contributed by atoms with van der Waals surface area (Å²) in [5.41, 5.74) is 5.57.